The van der Waals surface area contributed by atoms with Crippen LogP contribution in [0.4, 0.5) is 4.79 Å². The number of esters is 2. The van der Waals surface area contributed by atoms with Gasteiger partial charge in [-0.2, -0.15) is 4.79 Å². The van der Waals surface area contributed by atoms with Gasteiger partial charge in [-0.25, -0.2) is 14.4 Å². The summed E-state index contributed by atoms with van der Waals surface area (Å²) in [5, 5.41) is 2.27. The number of amides is 1. The lowest BCUT2D eigenvalue weighted by atomic mass is 10.2. The summed E-state index contributed by atoms with van der Waals surface area (Å²) >= 11 is 0. The van der Waals surface area contributed by atoms with E-state index < -0.39 is 41.9 Å². The minimum absolute atomic E-state index is 0.501. The average molecular weight is 329 g/mol. The van der Waals surface area contributed by atoms with Gasteiger partial charge in [0, 0.05) is 0 Å². The van der Waals surface area contributed by atoms with Crippen LogP contribution in [0.25, 0.3) is 5.53 Å². The van der Waals surface area contributed by atoms with Crippen molar-refractivity contribution >= 4 is 24.2 Å². The Hall–Kier alpha value is -2.41. The summed E-state index contributed by atoms with van der Waals surface area (Å²) in [6.45, 7) is 9.44. The highest BCUT2D eigenvalue weighted by Gasteiger charge is 2.30. The predicted octanol–water partition coefficient (Wildman–Crippen LogP) is 1.07. The van der Waals surface area contributed by atoms with Crippen LogP contribution in [0, 0.1) is 0 Å². The van der Waals surface area contributed by atoms with E-state index in [9.17, 15) is 14.4 Å². The molecule has 0 aliphatic heterocycles. The first-order valence-electron chi connectivity index (χ1n) is 6.90. The van der Waals surface area contributed by atoms with E-state index in [1.807, 2.05) is 0 Å². The Kier molecular flexibility index (Phi) is 7.41. The number of ether oxygens (including phenoxy) is 3. The third-order valence-corrected chi connectivity index (χ3v) is 1.94. The largest absolute Gasteiger partial charge is 0.458 e. The van der Waals surface area contributed by atoms with Crippen LogP contribution >= 0.6 is 0 Å². The van der Waals surface area contributed by atoms with Crippen molar-refractivity contribution in [3.8, 4) is 0 Å². The molecule has 0 aromatic carbocycles. The fourth-order valence-corrected chi connectivity index (χ4v) is 1.24. The van der Waals surface area contributed by atoms with Gasteiger partial charge in [-0.1, -0.05) is 0 Å². The van der Waals surface area contributed by atoms with Gasteiger partial charge in [-0.3, -0.25) is 0 Å². The Morgan fingerprint density at radius 1 is 1.09 bits per heavy atom. The van der Waals surface area contributed by atoms with Crippen LogP contribution in [0.2, 0.25) is 0 Å². The van der Waals surface area contributed by atoms with Gasteiger partial charge in [0.15, 0.2) is 6.04 Å². The van der Waals surface area contributed by atoms with Crippen molar-refractivity contribution in [3.05, 3.63) is 5.53 Å². The molecule has 1 atom stereocenters. The Morgan fingerprint density at radius 3 is 2.04 bits per heavy atom. The normalized spacial score (nSPS) is 12.4. The number of nitrogens with one attached hydrogen (secondary N) is 1. The molecule has 1 amide bonds. The Bertz CT molecular complexity index is 498. The molecule has 0 spiro atoms. The van der Waals surface area contributed by atoms with Gasteiger partial charge in [-0.15, -0.1) is 0 Å². The number of nitrogens with zero attached hydrogens (tertiary/aromatic N) is 2. The maximum Gasteiger partial charge on any atom is 0.413 e. The summed E-state index contributed by atoms with van der Waals surface area (Å²) in [5.41, 5.74) is 6.67. The molecular formula is C14H23N3O6. The minimum Gasteiger partial charge on any atom is -0.458 e. The second-order valence-electron chi connectivity index (χ2n) is 6.61. The maximum absolute atomic E-state index is 12.1. The highest BCUT2D eigenvalue weighted by molar-refractivity contribution is 6.20. The van der Waals surface area contributed by atoms with Crippen LogP contribution in [-0.4, -0.2) is 52.9 Å². The van der Waals surface area contributed by atoms with Gasteiger partial charge in [-0.05, 0) is 41.5 Å². The lowest BCUT2D eigenvalue weighted by molar-refractivity contribution is -0.160. The first-order valence-corrected chi connectivity index (χ1v) is 6.90. The van der Waals surface area contributed by atoms with Crippen LogP contribution in [0.15, 0.2) is 0 Å². The minimum atomic E-state index is -1.26. The van der Waals surface area contributed by atoms with Crippen molar-refractivity contribution < 1.29 is 33.4 Å². The predicted molar refractivity (Wildman–Crippen MR) is 79.6 cm³/mol. The van der Waals surface area contributed by atoms with Gasteiger partial charge in [0.25, 0.3) is 0 Å². The summed E-state index contributed by atoms with van der Waals surface area (Å²) < 4.78 is 14.9. The van der Waals surface area contributed by atoms with Crippen molar-refractivity contribution in [1.29, 1.82) is 0 Å². The van der Waals surface area contributed by atoms with Crippen molar-refractivity contribution in [2.45, 2.75) is 58.8 Å². The Labute approximate surface area is 134 Å². The van der Waals surface area contributed by atoms with Crippen LogP contribution in [0.3, 0.4) is 0 Å². The van der Waals surface area contributed by atoms with E-state index in [-0.39, 0.29) is 0 Å². The van der Waals surface area contributed by atoms with E-state index in [1.54, 1.807) is 41.5 Å². The highest BCUT2D eigenvalue weighted by Crippen LogP contribution is 2.10. The number of alkyl carbamates (subject to hydrolysis) is 1. The topological polar surface area (TPSA) is 127 Å². The summed E-state index contributed by atoms with van der Waals surface area (Å²) in [7, 11) is 0. The van der Waals surface area contributed by atoms with E-state index >= 15 is 0 Å². The smallest absolute Gasteiger partial charge is 0.413 e. The molecule has 9 heteroatoms. The fourth-order valence-electron chi connectivity index (χ4n) is 1.24. The van der Waals surface area contributed by atoms with Gasteiger partial charge < -0.3 is 25.1 Å². The van der Waals surface area contributed by atoms with Gasteiger partial charge in [0.05, 0.1) is 0 Å². The van der Waals surface area contributed by atoms with E-state index in [0.717, 1.165) is 0 Å². The van der Waals surface area contributed by atoms with Gasteiger partial charge in [0.2, 0.25) is 0 Å². The summed E-state index contributed by atoms with van der Waals surface area (Å²) in [4.78, 5) is 37.5. The number of carbonyl (C=O) groups is 3. The lowest BCUT2D eigenvalue weighted by Gasteiger charge is -2.25. The Balaban J connectivity index is 4.92. The molecule has 9 nitrogen and oxygen atoms in total. The zero-order valence-corrected chi connectivity index (χ0v) is 14.2. The van der Waals surface area contributed by atoms with E-state index in [4.69, 9.17) is 19.7 Å². The molecule has 0 saturated carbocycles. The number of rotatable bonds is 5. The second-order valence-corrected chi connectivity index (χ2v) is 6.61. The van der Waals surface area contributed by atoms with Crippen molar-refractivity contribution in [3.63, 3.8) is 0 Å². The van der Waals surface area contributed by atoms with Gasteiger partial charge >= 0.3 is 24.2 Å². The third kappa shape index (κ3) is 10.9. The monoisotopic (exact) mass is 329 g/mol. The summed E-state index contributed by atoms with van der Waals surface area (Å²) in [6.07, 6.45) is -0.347. The molecule has 0 fully saturated rings. The standard InChI is InChI=1S/C14H23N3O6/c1-13(2,3)22-11(19)9(8-21-10(18)7-16-15)17-12(20)23-14(4,5)6/h7,9H,8H2,1-6H3,(H,17,20)/t9-/m0/s1. The highest BCUT2D eigenvalue weighted by atomic mass is 16.6. The van der Waals surface area contributed by atoms with Gasteiger partial charge in [0.1, 0.15) is 17.8 Å². The van der Waals surface area contributed by atoms with Crippen LogP contribution in [0.1, 0.15) is 41.5 Å². The zero-order chi connectivity index (χ0) is 18.3. The molecule has 130 valence electrons. The third-order valence-electron chi connectivity index (χ3n) is 1.94. The molecule has 23 heavy (non-hydrogen) atoms. The van der Waals surface area contributed by atoms with Crippen molar-refractivity contribution in [1.82, 2.24) is 5.32 Å². The summed E-state index contributed by atoms with van der Waals surface area (Å²) in [6, 6.07) is -1.26. The average Bonchev–Trinajstić information content (AvgIpc) is 2.30. The maximum atomic E-state index is 12.1. The van der Waals surface area contributed by atoms with Crippen LogP contribution in [0.5, 0.6) is 0 Å². The SMILES string of the molecule is CC(C)(C)OC(=O)N[C@@H](COC(=O)C=[N+]=[N-])C(=O)OC(C)(C)C. The fraction of sp³-hybridized carbons (Fsp3) is 0.714. The first kappa shape index (κ1) is 20.6. The van der Waals surface area contributed by atoms with E-state index in [2.05, 4.69) is 10.1 Å². The first-order chi connectivity index (χ1) is 10.3. The number of hydrogen-bond donors (Lipinski definition) is 1. The molecule has 0 heterocycles. The number of carbonyl (C=O) groups excluding carboxylic acids is 3. The summed E-state index contributed by atoms with van der Waals surface area (Å²) in [5.74, 6) is -1.77. The molecule has 0 aromatic heterocycles. The molecule has 0 rings (SSSR count). The van der Waals surface area contributed by atoms with Crippen LogP contribution < -0.4 is 5.32 Å². The molecule has 0 bridgehead atoms. The molecule has 0 aliphatic carbocycles. The lowest BCUT2D eigenvalue weighted by Crippen LogP contribution is -2.48. The second kappa shape index (κ2) is 8.28. The van der Waals surface area contributed by atoms with Crippen molar-refractivity contribution in [2.75, 3.05) is 6.61 Å². The zero-order valence-electron chi connectivity index (χ0n) is 14.2. The van der Waals surface area contributed by atoms with E-state index in [1.165, 1.54) is 0 Å². The molecule has 1 N–H and O–H groups in total. The van der Waals surface area contributed by atoms with Crippen LogP contribution in [-0.2, 0) is 23.8 Å². The Morgan fingerprint density at radius 2 is 1.61 bits per heavy atom. The number of hydrogen-bond acceptors (Lipinski definition) is 6. The molecule has 0 saturated heterocycles. The molecule has 0 unspecified atom stereocenters. The van der Waals surface area contributed by atoms with E-state index in [0.29, 0.717) is 6.21 Å². The van der Waals surface area contributed by atoms with Crippen molar-refractivity contribution in [2.24, 2.45) is 0 Å². The molecule has 0 aromatic rings. The quantitative estimate of drug-likeness (QED) is 0.264. The molecular weight excluding hydrogens is 306 g/mol. The molecule has 0 radical (unpaired) electrons. The molecule has 0 aliphatic rings.